The second-order valence-electron chi connectivity index (χ2n) is 4.89. The van der Waals surface area contributed by atoms with Crippen molar-refractivity contribution in [1.82, 2.24) is 0 Å². The van der Waals surface area contributed by atoms with Crippen molar-refractivity contribution in [2.24, 2.45) is 0 Å². The predicted molar refractivity (Wildman–Crippen MR) is 79.9 cm³/mol. The number of aryl methyl sites for hydroxylation is 1. The highest BCUT2D eigenvalue weighted by molar-refractivity contribution is 5.64. The van der Waals surface area contributed by atoms with Crippen molar-refractivity contribution >= 4 is 6.16 Å². The van der Waals surface area contributed by atoms with Gasteiger partial charge in [0.2, 0.25) is 0 Å². The molecule has 0 aromatic heterocycles. The Labute approximate surface area is 136 Å². The normalized spacial score (nSPS) is 10.6. The molecule has 0 aliphatic rings. The van der Waals surface area contributed by atoms with Gasteiger partial charge in [-0.1, -0.05) is 18.2 Å². The van der Waals surface area contributed by atoms with Gasteiger partial charge in [0.05, 0.1) is 12.7 Å². The fraction of sp³-hybridized carbons (Fsp3) is 0.235. The van der Waals surface area contributed by atoms with Crippen molar-refractivity contribution < 1.29 is 32.2 Å². The Bertz CT molecular complexity index is 732. The van der Waals surface area contributed by atoms with Crippen molar-refractivity contribution in [3.05, 3.63) is 58.9 Å². The first-order valence-corrected chi connectivity index (χ1v) is 6.97. The lowest BCUT2D eigenvalue weighted by atomic mass is 10.1. The summed E-state index contributed by atoms with van der Waals surface area (Å²) in [5.41, 5.74) is 0.122. The number of halogens is 3. The maximum atomic E-state index is 13.6. The fourth-order valence-electron chi connectivity index (χ4n) is 1.99. The van der Waals surface area contributed by atoms with Crippen LogP contribution in [0.2, 0.25) is 0 Å². The molecule has 0 saturated heterocycles. The summed E-state index contributed by atoms with van der Waals surface area (Å²) in [6, 6.07) is 8.33. The lowest BCUT2D eigenvalue weighted by Gasteiger charge is -2.14. The summed E-state index contributed by atoms with van der Waals surface area (Å²) in [6.45, 7) is 1.21. The quantitative estimate of drug-likeness (QED) is 0.579. The van der Waals surface area contributed by atoms with Crippen LogP contribution in [0.3, 0.4) is 0 Å². The van der Waals surface area contributed by atoms with Crippen molar-refractivity contribution in [1.29, 1.82) is 0 Å². The lowest BCUT2D eigenvalue weighted by molar-refractivity contribution is 0.120. The van der Waals surface area contributed by atoms with Gasteiger partial charge in [-0.3, -0.25) is 0 Å². The van der Waals surface area contributed by atoms with E-state index in [1.807, 2.05) is 0 Å². The third-order valence-corrected chi connectivity index (χ3v) is 3.24. The van der Waals surface area contributed by atoms with Crippen LogP contribution in [-0.2, 0) is 11.3 Å². The maximum Gasteiger partial charge on any atom is 0.513 e. The van der Waals surface area contributed by atoms with Crippen LogP contribution in [0.15, 0.2) is 36.4 Å². The van der Waals surface area contributed by atoms with Gasteiger partial charge in [0.15, 0.2) is 0 Å². The summed E-state index contributed by atoms with van der Waals surface area (Å²) in [7, 11) is 1.16. The number of methoxy groups -OCH3 is 1. The molecule has 0 radical (unpaired) electrons. The van der Waals surface area contributed by atoms with E-state index in [0.29, 0.717) is 5.56 Å². The van der Waals surface area contributed by atoms with Crippen LogP contribution in [0.25, 0.3) is 0 Å². The van der Waals surface area contributed by atoms with Gasteiger partial charge in [-0.05, 0) is 24.6 Å². The second kappa shape index (κ2) is 7.72. The van der Waals surface area contributed by atoms with E-state index in [-0.39, 0.29) is 23.7 Å². The van der Waals surface area contributed by atoms with Gasteiger partial charge in [0.25, 0.3) is 6.43 Å². The number of hydrogen-bond donors (Lipinski definition) is 0. The van der Waals surface area contributed by atoms with E-state index in [1.54, 1.807) is 18.2 Å². The van der Waals surface area contributed by atoms with Crippen molar-refractivity contribution in [2.75, 3.05) is 7.11 Å². The monoisotopic (exact) mass is 340 g/mol. The van der Waals surface area contributed by atoms with Crippen LogP contribution < -0.4 is 9.47 Å². The Morgan fingerprint density at radius 3 is 2.54 bits per heavy atom. The average Bonchev–Trinajstić information content (AvgIpc) is 2.56. The minimum absolute atomic E-state index is 0.104. The molecule has 2 aromatic carbocycles. The summed E-state index contributed by atoms with van der Waals surface area (Å²) >= 11 is 0. The third-order valence-electron chi connectivity index (χ3n) is 3.24. The average molecular weight is 340 g/mol. The van der Waals surface area contributed by atoms with E-state index in [4.69, 9.17) is 9.47 Å². The minimum atomic E-state index is -2.80. The van der Waals surface area contributed by atoms with Crippen molar-refractivity contribution in [2.45, 2.75) is 20.0 Å². The molecule has 128 valence electrons. The first kappa shape index (κ1) is 17.7. The minimum Gasteiger partial charge on any atom is -0.488 e. The Hall–Kier alpha value is -2.70. The van der Waals surface area contributed by atoms with Gasteiger partial charge < -0.3 is 14.2 Å². The summed E-state index contributed by atoms with van der Waals surface area (Å²) in [5, 5.41) is 0. The summed E-state index contributed by atoms with van der Waals surface area (Å²) in [4.78, 5) is 11.2. The third kappa shape index (κ3) is 4.18. The van der Waals surface area contributed by atoms with Gasteiger partial charge in [0, 0.05) is 11.6 Å². The highest BCUT2D eigenvalue weighted by atomic mass is 19.3. The van der Waals surface area contributed by atoms with Crippen LogP contribution in [-0.4, -0.2) is 13.3 Å². The molecule has 0 atom stereocenters. The first-order chi connectivity index (χ1) is 11.4. The summed E-state index contributed by atoms with van der Waals surface area (Å²) in [6.07, 6.45) is -3.72. The summed E-state index contributed by atoms with van der Waals surface area (Å²) < 4.78 is 54.4. The van der Waals surface area contributed by atoms with Crippen LogP contribution in [0, 0.1) is 12.7 Å². The number of alkyl halides is 2. The molecule has 0 spiro atoms. The fourth-order valence-corrected chi connectivity index (χ4v) is 1.99. The molecule has 7 heteroatoms. The number of rotatable bonds is 5. The van der Waals surface area contributed by atoms with Gasteiger partial charge >= 0.3 is 6.16 Å². The van der Waals surface area contributed by atoms with Crippen molar-refractivity contribution in [3.63, 3.8) is 0 Å². The molecule has 0 bridgehead atoms. The smallest absolute Gasteiger partial charge is 0.488 e. The standard InChI is InChI=1S/C17H15F3O4/c1-10-7-12(16(19)20)15(8-13(10)18)23-9-11-5-3-4-6-14(11)24-17(21)22-2/h3-8,16H,9H2,1-2H3. The van der Waals surface area contributed by atoms with Crippen LogP contribution in [0.4, 0.5) is 18.0 Å². The molecule has 2 aromatic rings. The SMILES string of the molecule is COC(=O)Oc1ccccc1COc1cc(F)c(C)cc1C(F)F. The number of ether oxygens (including phenoxy) is 3. The van der Waals surface area contributed by atoms with Crippen LogP contribution >= 0.6 is 0 Å². The number of hydrogen-bond acceptors (Lipinski definition) is 4. The number of para-hydroxylation sites is 1. The van der Waals surface area contributed by atoms with E-state index in [0.717, 1.165) is 19.2 Å². The second-order valence-corrected chi connectivity index (χ2v) is 4.89. The zero-order valence-electron chi connectivity index (χ0n) is 13.0. The molecule has 0 saturated carbocycles. The molecule has 0 heterocycles. The van der Waals surface area contributed by atoms with E-state index < -0.39 is 24.0 Å². The Balaban J connectivity index is 2.23. The molecule has 0 fully saturated rings. The number of carbonyl (C=O) groups excluding carboxylic acids is 1. The van der Waals surface area contributed by atoms with Gasteiger partial charge in [-0.2, -0.15) is 0 Å². The highest BCUT2D eigenvalue weighted by Gasteiger charge is 2.18. The maximum absolute atomic E-state index is 13.6. The topological polar surface area (TPSA) is 44.8 Å². The molecule has 0 unspecified atom stereocenters. The van der Waals surface area contributed by atoms with Crippen molar-refractivity contribution in [3.8, 4) is 11.5 Å². The highest BCUT2D eigenvalue weighted by Crippen LogP contribution is 2.32. The van der Waals surface area contributed by atoms with E-state index >= 15 is 0 Å². The van der Waals surface area contributed by atoms with E-state index in [1.165, 1.54) is 13.0 Å². The number of carbonyl (C=O) groups is 1. The largest absolute Gasteiger partial charge is 0.513 e. The zero-order chi connectivity index (χ0) is 17.7. The molecule has 0 aliphatic heterocycles. The molecule has 4 nitrogen and oxygen atoms in total. The zero-order valence-corrected chi connectivity index (χ0v) is 13.0. The molecular weight excluding hydrogens is 325 g/mol. The van der Waals surface area contributed by atoms with E-state index in [2.05, 4.69) is 4.74 Å². The van der Waals surface area contributed by atoms with E-state index in [9.17, 15) is 18.0 Å². The molecule has 0 N–H and O–H groups in total. The van der Waals surface area contributed by atoms with Gasteiger partial charge in [-0.25, -0.2) is 18.0 Å². The predicted octanol–water partition coefficient (Wildman–Crippen LogP) is 4.80. The number of benzene rings is 2. The van der Waals surface area contributed by atoms with Gasteiger partial charge in [-0.15, -0.1) is 0 Å². The molecule has 0 amide bonds. The Morgan fingerprint density at radius 2 is 1.88 bits per heavy atom. The Morgan fingerprint density at radius 1 is 1.17 bits per heavy atom. The van der Waals surface area contributed by atoms with Crippen LogP contribution in [0.5, 0.6) is 11.5 Å². The molecular formula is C17H15F3O4. The Kier molecular flexibility index (Phi) is 5.68. The summed E-state index contributed by atoms with van der Waals surface area (Å²) in [5.74, 6) is -0.745. The first-order valence-electron chi connectivity index (χ1n) is 6.97. The lowest BCUT2D eigenvalue weighted by Crippen LogP contribution is -2.10. The molecule has 24 heavy (non-hydrogen) atoms. The molecule has 0 aliphatic carbocycles. The van der Waals surface area contributed by atoms with Gasteiger partial charge in [0.1, 0.15) is 23.9 Å². The molecule has 2 rings (SSSR count). The van der Waals surface area contributed by atoms with Crippen LogP contribution in [0.1, 0.15) is 23.1 Å².